The predicted octanol–water partition coefficient (Wildman–Crippen LogP) is 1.96. The summed E-state index contributed by atoms with van der Waals surface area (Å²) in [6.07, 6.45) is 0.808. The maximum Gasteiger partial charge on any atom is 0.317 e. The van der Waals surface area contributed by atoms with Crippen molar-refractivity contribution >= 4 is 22.0 Å². The Morgan fingerprint density at radius 1 is 1.33 bits per heavy atom. The fraction of sp³-hybridized carbons (Fsp3) is 0.533. The molecule has 2 rings (SSSR count). The molecule has 1 fully saturated rings. The molecule has 1 N–H and O–H groups in total. The van der Waals surface area contributed by atoms with Gasteiger partial charge in [0.25, 0.3) is 0 Å². The molecule has 0 saturated carbocycles. The van der Waals surface area contributed by atoms with Crippen LogP contribution in [0, 0.1) is 0 Å². The molecule has 1 saturated heterocycles. The highest BCUT2D eigenvalue weighted by Gasteiger charge is 2.18. The second-order valence-corrected chi connectivity index (χ2v) is 6.10. The first kappa shape index (κ1) is 16.1. The molecule has 1 heterocycles. The summed E-state index contributed by atoms with van der Waals surface area (Å²) in [7, 11) is 3.73. The van der Waals surface area contributed by atoms with Crippen LogP contribution >= 0.6 is 15.9 Å². The maximum absolute atomic E-state index is 12.0. The number of nitrogens with one attached hydrogen (secondary N) is 1. The molecule has 0 spiro atoms. The Hall–Kier alpha value is -1.27. The van der Waals surface area contributed by atoms with Gasteiger partial charge < -0.3 is 19.9 Å². The lowest BCUT2D eigenvalue weighted by Crippen LogP contribution is -2.50. The normalized spacial score (nSPS) is 15.9. The number of urea groups is 1. The monoisotopic (exact) mass is 355 g/mol. The Labute approximate surface area is 134 Å². The van der Waals surface area contributed by atoms with E-state index in [4.69, 9.17) is 4.74 Å². The smallest absolute Gasteiger partial charge is 0.317 e. The molecule has 1 aromatic carbocycles. The van der Waals surface area contributed by atoms with Crippen molar-refractivity contribution in [3.05, 3.63) is 28.2 Å². The molecule has 0 unspecified atom stereocenters. The molecule has 21 heavy (non-hydrogen) atoms. The third-order valence-electron chi connectivity index (χ3n) is 3.70. The predicted molar refractivity (Wildman–Crippen MR) is 86.9 cm³/mol. The Bertz CT molecular complexity index is 488. The van der Waals surface area contributed by atoms with E-state index in [1.54, 1.807) is 7.11 Å². The number of rotatable bonds is 4. The molecule has 0 radical (unpaired) electrons. The van der Waals surface area contributed by atoms with Crippen LogP contribution in [0.3, 0.4) is 0 Å². The van der Waals surface area contributed by atoms with Gasteiger partial charge >= 0.3 is 6.03 Å². The molecule has 116 valence electrons. The molecule has 0 aliphatic carbocycles. The van der Waals surface area contributed by atoms with Crippen LogP contribution in [0.1, 0.15) is 5.56 Å². The average molecular weight is 356 g/mol. The minimum absolute atomic E-state index is 0.0377. The van der Waals surface area contributed by atoms with Crippen LogP contribution in [0.2, 0.25) is 0 Å². The van der Waals surface area contributed by atoms with Gasteiger partial charge in [-0.15, -0.1) is 0 Å². The number of carbonyl (C=O) groups is 1. The van der Waals surface area contributed by atoms with Crippen LogP contribution in [0.5, 0.6) is 5.75 Å². The first-order chi connectivity index (χ1) is 10.1. The molecule has 5 nitrogen and oxygen atoms in total. The summed E-state index contributed by atoms with van der Waals surface area (Å²) < 4.78 is 6.14. The SMILES string of the molecule is COc1ccc(CCNC(=O)N2CCN(C)CC2)cc1Br. The molecule has 1 aliphatic heterocycles. The minimum Gasteiger partial charge on any atom is -0.496 e. The van der Waals surface area contributed by atoms with E-state index < -0.39 is 0 Å². The number of amides is 2. The van der Waals surface area contributed by atoms with Crippen LogP contribution in [0.25, 0.3) is 0 Å². The van der Waals surface area contributed by atoms with Gasteiger partial charge in [-0.25, -0.2) is 4.79 Å². The summed E-state index contributed by atoms with van der Waals surface area (Å²) in [5.74, 6) is 0.820. The van der Waals surface area contributed by atoms with Gasteiger partial charge in [0, 0.05) is 32.7 Å². The van der Waals surface area contributed by atoms with Gasteiger partial charge in [0.1, 0.15) is 5.75 Å². The Morgan fingerprint density at radius 3 is 2.67 bits per heavy atom. The first-order valence-corrected chi connectivity index (χ1v) is 7.93. The van der Waals surface area contributed by atoms with E-state index in [1.165, 1.54) is 5.56 Å². The zero-order chi connectivity index (χ0) is 15.2. The number of likely N-dealkylation sites (N-methyl/N-ethyl adjacent to an activating group) is 1. The number of hydrogen-bond acceptors (Lipinski definition) is 3. The number of carbonyl (C=O) groups excluding carboxylic acids is 1. The van der Waals surface area contributed by atoms with Crippen molar-refractivity contribution < 1.29 is 9.53 Å². The number of benzene rings is 1. The fourth-order valence-electron chi connectivity index (χ4n) is 2.30. The zero-order valence-corrected chi connectivity index (χ0v) is 14.1. The minimum atomic E-state index is 0.0377. The Balaban J connectivity index is 1.76. The lowest BCUT2D eigenvalue weighted by molar-refractivity contribution is 0.154. The van der Waals surface area contributed by atoms with Gasteiger partial charge in [0.05, 0.1) is 11.6 Å². The van der Waals surface area contributed by atoms with Crippen molar-refractivity contribution in [2.24, 2.45) is 0 Å². The quantitative estimate of drug-likeness (QED) is 0.897. The van der Waals surface area contributed by atoms with E-state index in [9.17, 15) is 4.79 Å². The van der Waals surface area contributed by atoms with Crippen molar-refractivity contribution in [3.8, 4) is 5.75 Å². The summed E-state index contributed by atoms with van der Waals surface area (Å²) in [4.78, 5) is 16.1. The van der Waals surface area contributed by atoms with Gasteiger partial charge in [0.2, 0.25) is 0 Å². The Kier molecular flexibility index (Phi) is 5.87. The molecule has 0 atom stereocenters. The van der Waals surface area contributed by atoms with Crippen LogP contribution in [0.15, 0.2) is 22.7 Å². The number of ether oxygens (including phenoxy) is 1. The van der Waals surface area contributed by atoms with E-state index in [0.29, 0.717) is 6.54 Å². The lowest BCUT2D eigenvalue weighted by atomic mass is 10.1. The third kappa shape index (κ3) is 4.61. The van der Waals surface area contributed by atoms with Crippen molar-refractivity contribution in [2.75, 3.05) is 46.9 Å². The van der Waals surface area contributed by atoms with Crippen LogP contribution in [-0.4, -0.2) is 62.7 Å². The summed E-state index contributed by atoms with van der Waals surface area (Å²) in [5, 5.41) is 2.99. The summed E-state index contributed by atoms with van der Waals surface area (Å²) in [5.41, 5.74) is 1.17. The maximum atomic E-state index is 12.0. The first-order valence-electron chi connectivity index (χ1n) is 7.14. The molecule has 1 aliphatic rings. The van der Waals surface area contributed by atoms with Crippen molar-refractivity contribution in [1.82, 2.24) is 15.1 Å². The van der Waals surface area contributed by atoms with Gasteiger partial charge in [-0.05, 0) is 47.1 Å². The van der Waals surface area contributed by atoms with Gasteiger partial charge in [0.15, 0.2) is 0 Å². The summed E-state index contributed by atoms with van der Waals surface area (Å²) >= 11 is 3.47. The third-order valence-corrected chi connectivity index (χ3v) is 4.32. The second kappa shape index (κ2) is 7.66. The molecule has 2 amide bonds. The number of halogens is 1. The van der Waals surface area contributed by atoms with Crippen molar-refractivity contribution in [1.29, 1.82) is 0 Å². The van der Waals surface area contributed by atoms with Crippen molar-refractivity contribution in [2.45, 2.75) is 6.42 Å². The topological polar surface area (TPSA) is 44.8 Å². The lowest BCUT2D eigenvalue weighted by Gasteiger charge is -2.32. The number of hydrogen-bond donors (Lipinski definition) is 1. The average Bonchev–Trinajstić information content (AvgIpc) is 2.48. The van der Waals surface area contributed by atoms with Crippen LogP contribution in [-0.2, 0) is 6.42 Å². The van der Waals surface area contributed by atoms with Gasteiger partial charge in [-0.1, -0.05) is 6.07 Å². The van der Waals surface area contributed by atoms with Crippen LogP contribution < -0.4 is 10.1 Å². The molecule has 0 bridgehead atoms. The number of nitrogens with zero attached hydrogens (tertiary/aromatic N) is 2. The largest absolute Gasteiger partial charge is 0.496 e. The van der Waals surface area contributed by atoms with Crippen LogP contribution in [0.4, 0.5) is 4.79 Å². The second-order valence-electron chi connectivity index (χ2n) is 5.24. The molecule has 1 aromatic rings. The number of methoxy groups -OCH3 is 1. The molecular formula is C15H22BrN3O2. The fourth-order valence-corrected chi connectivity index (χ4v) is 2.89. The summed E-state index contributed by atoms with van der Waals surface area (Å²) in [6.45, 7) is 4.13. The van der Waals surface area contributed by atoms with E-state index in [2.05, 4.69) is 33.2 Å². The van der Waals surface area contributed by atoms with Gasteiger partial charge in [-0.3, -0.25) is 0 Å². The van der Waals surface area contributed by atoms with Gasteiger partial charge in [-0.2, -0.15) is 0 Å². The Morgan fingerprint density at radius 2 is 2.05 bits per heavy atom. The van der Waals surface area contributed by atoms with E-state index in [0.717, 1.165) is 42.8 Å². The van der Waals surface area contributed by atoms with E-state index >= 15 is 0 Å². The highest BCUT2D eigenvalue weighted by Crippen LogP contribution is 2.25. The van der Waals surface area contributed by atoms with E-state index in [1.807, 2.05) is 23.1 Å². The summed E-state index contributed by atoms with van der Waals surface area (Å²) in [6, 6.07) is 6.02. The number of piperazine rings is 1. The highest BCUT2D eigenvalue weighted by atomic mass is 79.9. The van der Waals surface area contributed by atoms with E-state index in [-0.39, 0.29) is 6.03 Å². The standard InChI is InChI=1S/C15H22BrN3O2/c1-18-7-9-19(10-8-18)15(20)17-6-5-12-3-4-14(21-2)13(16)11-12/h3-4,11H,5-10H2,1-2H3,(H,17,20). The highest BCUT2D eigenvalue weighted by molar-refractivity contribution is 9.10. The molecule has 6 heteroatoms. The molecule has 0 aromatic heterocycles. The van der Waals surface area contributed by atoms with Crippen molar-refractivity contribution in [3.63, 3.8) is 0 Å². The zero-order valence-electron chi connectivity index (χ0n) is 12.6. The molecular weight excluding hydrogens is 334 g/mol.